The predicted molar refractivity (Wildman–Crippen MR) is 91.7 cm³/mol. The summed E-state index contributed by atoms with van der Waals surface area (Å²) >= 11 is 3.61. The average molecular weight is 358 g/mol. The summed E-state index contributed by atoms with van der Waals surface area (Å²) in [4.78, 5) is 0. The van der Waals surface area contributed by atoms with E-state index in [2.05, 4.69) is 61.9 Å². The fraction of sp³-hybridized carbons (Fsp3) is 0.647. The van der Waals surface area contributed by atoms with Crippen LogP contribution in [0, 0.1) is 0 Å². The molecule has 0 amide bonds. The summed E-state index contributed by atoms with van der Waals surface area (Å²) in [6.45, 7) is 12.4. The van der Waals surface area contributed by atoms with Crippen molar-refractivity contribution in [3.05, 3.63) is 34.3 Å². The van der Waals surface area contributed by atoms with Gasteiger partial charge in [0.05, 0.1) is 24.9 Å². The minimum atomic E-state index is -0.123. The Kier molecular flexibility index (Phi) is 7.88. The fourth-order valence-corrected chi connectivity index (χ4v) is 2.42. The Morgan fingerprint density at radius 2 is 1.81 bits per heavy atom. The maximum Gasteiger partial charge on any atom is 0.0961 e. The monoisotopic (exact) mass is 357 g/mol. The minimum Gasteiger partial charge on any atom is -0.373 e. The van der Waals surface area contributed by atoms with E-state index in [0.717, 1.165) is 11.0 Å². The Balaban J connectivity index is 2.59. The summed E-state index contributed by atoms with van der Waals surface area (Å²) in [6.07, 6.45) is 0.0199. The van der Waals surface area contributed by atoms with Gasteiger partial charge in [0.1, 0.15) is 0 Å². The van der Waals surface area contributed by atoms with Crippen LogP contribution in [0.1, 0.15) is 46.3 Å². The molecule has 1 N–H and O–H groups in total. The molecule has 0 aliphatic rings. The van der Waals surface area contributed by atoms with E-state index < -0.39 is 0 Å². The number of hydrogen-bond acceptors (Lipinski definition) is 3. The molecule has 0 spiro atoms. The molecule has 1 aromatic carbocycles. The van der Waals surface area contributed by atoms with E-state index in [0.29, 0.717) is 19.3 Å². The van der Waals surface area contributed by atoms with E-state index in [1.54, 1.807) is 0 Å². The van der Waals surface area contributed by atoms with Crippen LogP contribution in [-0.4, -0.2) is 31.4 Å². The highest BCUT2D eigenvalue weighted by Crippen LogP contribution is 2.25. The number of ether oxygens (including phenoxy) is 2. The van der Waals surface area contributed by atoms with Crippen LogP contribution < -0.4 is 5.32 Å². The molecule has 1 aromatic rings. The van der Waals surface area contributed by atoms with Crippen LogP contribution in [0.3, 0.4) is 0 Å². The Bertz CT molecular complexity index is 415. The summed E-state index contributed by atoms with van der Waals surface area (Å²) < 4.78 is 12.8. The minimum absolute atomic E-state index is 0.0199. The van der Waals surface area contributed by atoms with E-state index in [-0.39, 0.29) is 11.7 Å². The average Bonchev–Trinajstić information content (AvgIpc) is 2.37. The van der Waals surface area contributed by atoms with Crippen molar-refractivity contribution in [3.63, 3.8) is 0 Å². The van der Waals surface area contributed by atoms with E-state index >= 15 is 0 Å². The third kappa shape index (κ3) is 7.96. The Labute approximate surface area is 137 Å². The van der Waals surface area contributed by atoms with Crippen molar-refractivity contribution in [3.8, 4) is 0 Å². The number of halogens is 1. The van der Waals surface area contributed by atoms with Crippen LogP contribution in [0.15, 0.2) is 28.7 Å². The normalized spacial score (nSPS) is 13.7. The maximum absolute atomic E-state index is 6.04. The second-order valence-corrected chi connectivity index (χ2v) is 7.26. The molecule has 0 radical (unpaired) electrons. The van der Waals surface area contributed by atoms with Crippen molar-refractivity contribution < 1.29 is 9.47 Å². The van der Waals surface area contributed by atoms with E-state index in [9.17, 15) is 0 Å². The largest absolute Gasteiger partial charge is 0.373 e. The van der Waals surface area contributed by atoms with Crippen LogP contribution in [-0.2, 0) is 9.47 Å². The molecule has 0 aliphatic heterocycles. The van der Waals surface area contributed by atoms with Gasteiger partial charge in [-0.25, -0.2) is 0 Å². The summed E-state index contributed by atoms with van der Waals surface area (Å²) in [5.74, 6) is 0. The zero-order valence-electron chi connectivity index (χ0n) is 13.8. The van der Waals surface area contributed by atoms with Crippen LogP contribution in [0.25, 0.3) is 0 Å². The van der Waals surface area contributed by atoms with Crippen LogP contribution in [0.2, 0.25) is 0 Å². The lowest BCUT2D eigenvalue weighted by Crippen LogP contribution is -2.30. The van der Waals surface area contributed by atoms with E-state index in [4.69, 9.17) is 9.47 Å². The third-order valence-corrected chi connectivity index (χ3v) is 3.62. The van der Waals surface area contributed by atoms with Crippen molar-refractivity contribution in [2.24, 2.45) is 0 Å². The molecule has 0 saturated heterocycles. The topological polar surface area (TPSA) is 30.5 Å². The maximum atomic E-state index is 6.04. The molecule has 0 aliphatic carbocycles. The molecule has 0 bridgehead atoms. The lowest BCUT2D eigenvalue weighted by atomic mass is 10.1. The molecule has 21 heavy (non-hydrogen) atoms. The van der Waals surface area contributed by atoms with Gasteiger partial charge in [0.15, 0.2) is 0 Å². The zero-order chi connectivity index (χ0) is 15.9. The Hall–Kier alpha value is -0.420. The molecule has 1 unspecified atom stereocenters. The molecular formula is C17H28BrNO2. The number of rotatable bonds is 8. The first kappa shape index (κ1) is 18.6. The molecule has 0 fully saturated rings. The molecule has 3 nitrogen and oxygen atoms in total. The second kappa shape index (κ2) is 8.89. The van der Waals surface area contributed by atoms with Gasteiger partial charge in [-0.2, -0.15) is 0 Å². The first-order chi connectivity index (χ1) is 9.79. The smallest absolute Gasteiger partial charge is 0.0961 e. The fourth-order valence-electron chi connectivity index (χ4n) is 1.88. The van der Waals surface area contributed by atoms with E-state index in [1.807, 2.05) is 18.2 Å². The number of nitrogens with one attached hydrogen (secondary N) is 1. The van der Waals surface area contributed by atoms with E-state index in [1.165, 1.54) is 5.56 Å². The summed E-state index contributed by atoms with van der Waals surface area (Å²) in [6, 6.07) is 8.64. The van der Waals surface area contributed by atoms with Crippen LogP contribution in [0.4, 0.5) is 0 Å². The summed E-state index contributed by atoms with van der Waals surface area (Å²) in [5, 5.41) is 3.44. The highest BCUT2D eigenvalue weighted by molar-refractivity contribution is 9.10. The molecule has 0 aromatic heterocycles. The standard InChI is InChI=1S/C17H28BrNO2/c1-13(2)19-12-16(14-8-6-7-9-15(14)18)20-10-11-21-17(3,4)5/h6-9,13,16,19H,10-12H2,1-5H3. The van der Waals surface area contributed by atoms with Gasteiger partial charge >= 0.3 is 0 Å². The SMILES string of the molecule is CC(C)NCC(OCCOC(C)(C)C)c1ccccc1Br. The van der Waals surface area contributed by atoms with Gasteiger partial charge in [0.25, 0.3) is 0 Å². The van der Waals surface area contributed by atoms with Gasteiger partial charge in [-0.1, -0.05) is 48.0 Å². The van der Waals surface area contributed by atoms with Crippen molar-refractivity contribution in [2.45, 2.75) is 52.4 Å². The van der Waals surface area contributed by atoms with Crippen molar-refractivity contribution in [2.75, 3.05) is 19.8 Å². The Morgan fingerprint density at radius 1 is 1.14 bits per heavy atom. The van der Waals surface area contributed by atoms with Crippen molar-refractivity contribution in [1.29, 1.82) is 0 Å². The quantitative estimate of drug-likeness (QED) is 0.702. The predicted octanol–water partition coefficient (Wildman–Crippen LogP) is 4.32. The molecule has 120 valence electrons. The van der Waals surface area contributed by atoms with Gasteiger partial charge in [-0.15, -0.1) is 0 Å². The van der Waals surface area contributed by atoms with Crippen molar-refractivity contribution >= 4 is 15.9 Å². The highest BCUT2D eigenvalue weighted by Gasteiger charge is 2.16. The highest BCUT2D eigenvalue weighted by atomic mass is 79.9. The van der Waals surface area contributed by atoms with Crippen molar-refractivity contribution in [1.82, 2.24) is 5.32 Å². The van der Waals surface area contributed by atoms with Gasteiger partial charge in [0.2, 0.25) is 0 Å². The molecule has 0 heterocycles. The van der Waals surface area contributed by atoms with Gasteiger partial charge < -0.3 is 14.8 Å². The lowest BCUT2D eigenvalue weighted by Gasteiger charge is -2.23. The molecular weight excluding hydrogens is 330 g/mol. The lowest BCUT2D eigenvalue weighted by molar-refractivity contribution is -0.0522. The van der Waals surface area contributed by atoms with Gasteiger partial charge in [0, 0.05) is 17.1 Å². The van der Waals surface area contributed by atoms with Gasteiger partial charge in [-0.05, 0) is 32.4 Å². The first-order valence-corrected chi connectivity index (χ1v) is 8.32. The second-order valence-electron chi connectivity index (χ2n) is 6.40. The van der Waals surface area contributed by atoms with Gasteiger partial charge in [-0.3, -0.25) is 0 Å². The zero-order valence-corrected chi connectivity index (χ0v) is 15.4. The number of benzene rings is 1. The first-order valence-electron chi connectivity index (χ1n) is 7.53. The molecule has 4 heteroatoms. The van der Waals surface area contributed by atoms with Crippen LogP contribution in [0.5, 0.6) is 0 Å². The molecule has 0 saturated carbocycles. The molecule has 1 atom stereocenters. The van der Waals surface area contributed by atoms with Crippen LogP contribution >= 0.6 is 15.9 Å². The Morgan fingerprint density at radius 3 is 2.38 bits per heavy atom. The summed E-state index contributed by atoms with van der Waals surface area (Å²) in [7, 11) is 0. The summed E-state index contributed by atoms with van der Waals surface area (Å²) in [5.41, 5.74) is 1.05. The number of hydrogen-bond donors (Lipinski definition) is 1. The molecule has 1 rings (SSSR count). The third-order valence-electron chi connectivity index (χ3n) is 2.90.